The molecule has 2 amide bonds. The minimum absolute atomic E-state index is 0.00498. The summed E-state index contributed by atoms with van der Waals surface area (Å²) in [6.45, 7) is 5.38. The summed E-state index contributed by atoms with van der Waals surface area (Å²) in [5.41, 5.74) is 1.66. The Morgan fingerprint density at radius 1 is 1.46 bits per heavy atom. The average Bonchev–Trinajstić information content (AvgIpc) is 2.90. The molecule has 1 N–H and O–H groups in total. The molecular weight excluding hydrogens is 308 g/mol. The first kappa shape index (κ1) is 18.4. The molecule has 1 saturated heterocycles. The Labute approximate surface area is 143 Å². The van der Waals surface area contributed by atoms with Gasteiger partial charge in [0.15, 0.2) is 0 Å². The van der Waals surface area contributed by atoms with Crippen LogP contribution in [0, 0.1) is 6.92 Å². The summed E-state index contributed by atoms with van der Waals surface area (Å²) in [5.74, 6) is 0.0576. The zero-order valence-electron chi connectivity index (χ0n) is 15.1. The van der Waals surface area contributed by atoms with Crippen LogP contribution < -0.4 is 5.32 Å². The van der Waals surface area contributed by atoms with Gasteiger partial charge in [0.1, 0.15) is 0 Å². The Hall–Kier alpha value is -1.89. The van der Waals surface area contributed by atoms with Crippen LogP contribution in [0.4, 0.5) is 0 Å². The van der Waals surface area contributed by atoms with Crippen molar-refractivity contribution >= 4 is 11.8 Å². The average molecular weight is 336 g/mol. The van der Waals surface area contributed by atoms with Gasteiger partial charge in [0.25, 0.3) is 0 Å². The first-order chi connectivity index (χ1) is 11.4. The van der Waals surface area contributed by atoms with Crippen molar-refractivity contribution in [2.24, 2.45) is 7.05 Å². The fraction of sp³-hybridized carbons (Fsp3) is 0.706. The zero-order chi connectivity index (χ0) is 17.7. The highest BCUT2D eigenvalue weighted by atomic mass is 16.5. The van der Waals surface area contributed by atoms with Gasteiger partial charge in [-0.05, 0) is 26.2 Å². The molecule has 0 aromatic carbocycles. The lowest BCUT2D eigenvalue weighted by atomic mass is 9.87. The number of likely N-dealkylation sites (tertiary alicyclic amines) is 1. The topological polar surface area (TPSA) is 76.5 Å². The first-order valence-electron chi connectivity index (χ1n) is 8.42. The maximum atomic E-state index is 12.2. The van der Waals surface area contributed by atoms with Crippen LogP contribution in [-0.4, -0.2) is 52.3 Å². The van der Waals surface area contributed by atoms with E-state index in [-0.39, 0.29) is 11.8 Å². The molecule has 24 heavy (non-hydrogen) atoms. The summed E-state index contributed by atoms with van der Waals surface area (Å²) >= 11 is 0. The molecule has 2 rings (SSSR count). The molecule has 1 aromatic rings. The summed E-state index contributed by atoms with van der Waals surface area (Å²) < 4.78 is 7.50. The molecule has 0 aliphatic carbocycles. The number of carbonyl (C=O) groups is 2. The molecule has 0 spiro atoms. The number of hydrogen-bond donors (Lipinski definition) is 1. The Bertz CT molecular complexity index is 599. The molecule has 1 atom stereocenters. The third-order valence-electron chi connectivity index (χ3n) is 5.04. The molecule has 0 saturated carbocycles. The van der Waals surface area contributed by atoms with Crippen molar-refractivity contribution in [1.82, 2.24) is 20.0 Å². The van der Waals surface area contributed by atoms with Gasteiger partial charge in [0, 0.05) is 58.4 Å². The van der Waals surface area contributed by atoms with Crippen LogP contribution in [-0.2, 0) is 27.9 Å². The molecule has 7 nitrogen and oxygen atoms in total. The largest absolute Gasteiger partial charge is 0.376 e. The predicted octanol–water partition coefficient (Wildman–Crippen LogP) is 1.15. The molecule has 7 heteroatoms. The van der Waals surface area contributed by atoms with E-state index in [0.29, 0.717) is 25.9 Å². The number of piperidine rings is 1. The quantitative estimate of drug-likeness (QED) is 0.845. The number of nitrogens with one attached hydrogen (secondary N) is 1. The van der Waals surface area contributed by atoms with Crippen molar-refractivity contribution in [3.05, 3.63) is 17.5 Å². The minimum atomic E-state index is -0.411. The first-order valence-corrected chi connectivity index (χ1v) is 8.42. The van der Waals surface area contributed by atoms with Crippen LogP contribution in [0.15, 0.2) is 6.20 Å². The predicted molar refractivity (Wildman–Crippen MR) is 90.3 cm³/mol. The van der Waals surface area contributed by atoms with Crippen LogP contribution in [0.25, 0.3) is 0 Å². The highest BCUT2D eigenvalue weighted by Gasteiger charge is 2.36. The highest BCUT2D eigenvalue weighted by molar-refractivity contribution is 5.76. The highest BCUT2D eigenvalue weighted by Crippen LogP contribution is 2.29. The summed E-state index contributed by atoms with van der Waals surface area (Å²) in [6, 6.07) is 0. The number of methoxy groups -OCH3 is 1. The second kappa shape index (κ2) is 7.79. The molecule has 1 aliphatic heterocycles. The number of amides is 2. The SMILES string of the molecule is COC1(CCC(=O)NCc2cnn(C)c2C)CCCN(C(C)=O)C1. The van der Waals surface area contributed by atoms with Crippen LogP contribution >= 0.6 is 0 Å². The van der Waals surface area contributed by atoms with Crippen molar-refractivity contribution in [3.8, 4) is 0 Å². The maximum Gasteiger partial charge on any atom is 0.220 e. The van der Waals surface area contributed by atoms with Crippen molar-refractivity contribution in [2.75, 3.05) is 20.2 Å². The van der Waals surface area contributed by atoms with Gasteiger partial charge in [-0.15, -0.1) is 0 Å². The number of aromatic nitrogens is 2. The molecule has 1 aliphatic rings. The van der Waals surface area contributed by atoms with E-state index in [9.17, 15) is 9.59 Å². The molecule has 1 fully saturated rings. The molecule has 134 valence electrons. The lowest BCUT2D eigenvalue weighted by molar-refractivity contribution is -0.139. The van der Waals surface area contributed by atoms with Gasteiger partial charge in [-0.25, -0.2) is 0 Å². The van der Waals surface area contributed by atoms with E-state index in [1.807, 2.05) is 18.9 Å². The zero-order valence-corrected chi connectivity index (χ0v) is 15.1. The number of carbonyl (C=O) groups excluding carboxylic acids is 2. The number of nitrogens with zero attached hydrogens (tertiary/aromatic N) is 3. The Balaban J connectivity index is 1.85. The van der Waals surface area contributed by atoms with E-state index in [1.54, 1.807) is 24.9 Å². The van der Waals surface area contributed by atoms with Crippen molar-refractivity contribution in [3.63, 3.8) is 0 Å². The standard InChI is InChI=1S/C17H28N4O3/c1-13-15(11-19-20(13)3)10-18-16(23)6-8-17(24-4)7-5-9-21(12-17)14(2)22/h11H,5-10,12H2,1-4H3,(H,18,23). The number of rotatable bonds is 6. The van der Waals surface area contributed by atoms with Crippen LogP contribution in [0.2, 0.25) is 0 Å². The maximum absolute atomic E-state index is 12.2. The summed E-state index contributed by atoms with van der Waals surface area (Å²) in [6.07, 6.45) is 4.56. The fourth-order valence-electron chi connectivity index (χ4n) is 3.18. The summed E-state index contributed by atoms with van der Waals surface area (Å²) in [7, 11) is 3.55. The Morgan fingerprint density at radius 2 is 2.21 bits per heavy atom. The third-order valence-corrected chi connectivity index (χ3v) is 5.04. The molecule has 0 bridgehead atoms. The van der Waals surface area contributed by atoms with Gasteiger partial charge < -0.3 is 15.0 Å². The van der Waals surface area contributed by atoms with E-state index < -0.39 is 5.60 Å². The fourth-order valence-corrected chi connectivity index (χ4v) is 3.18. The van der Waals surface area contributed by atoms with Crippen molar-refractivity contribution < 1.29 is 14.3 Å². The van der Waals surface area contributed by atoms with E-state index in [4.69, 9.17) is 4.74 Å². The number of aryl methyl sites for hydroxylation is 1. The van der Waals surface area contributed by atoms with Crippen LogP contribution in [0.5, 0.6) is 0 Å². The number of ether oxygens (including phenoxy) is 1. The lowest BCUT2D eigenvalue weighted by Crippen LogP contribution is -2.51. The summed E-state index contributed by atoms with van der Waals surface area (Å²) in [4.78, 5) is 25.6. The van der Waals surface area contributed by atoms with Crippen molar-refractivity contribution in [1.29, 1.82) is 0 Å². The normalized spacial score (nSPS) is 20.9. The Morgan fingerprint density at radius 3 is 2.79 bits per heavy atom. The molecule has 2 heterocycles. The van der Waals surface area contributed by atoms with E-state index in [2.05, 4.69) is 10.4 Å². The minimum Gasteiger partial charge on any atom is -0.376 e. The molecule has 1 aromatic heterocycles. The van der Waals surface area contributed by atoms with Gasteiger partial charge >= 0.3 is 0 Å². The van der Waals surface area contributed by atoms with Gasteiger partial charge in [-0.2, -0.15) is 5.10 Å². The van der Waals surface area contributed by atoms with Crippen molar-refractivity contribution in [2.45, 2.75) is 51.7 Å². The second-order valence-electron chi connectivity index (χ2n) is 6.59. The Kier molecular flexibility index (Phi) is 5.99. The smallest absolute Gasteiger partial charge is 0.220 e. The second-order valence-corrected chi connectivity index (χ2v) is 6.59. The van der Waals surface area contributed by atoms with E-state index >= 15 is 0 Å². The summed E-state index contributed by atoms with van der Waals surface area (Å²) in [5, 5.41) is 7.11. The third kappa shape index (κ3) is 4.35. The van der Waals surface area contributed by atoms with Gasteiger partial charge in [0.2, 0.25) is 11.8 Å². The molecule has 1 unspecified atom stereocenters. The van der Waals surface area contributed by atoms with Gasteiger partial charge in [-0.1, -0.05) is 0 Å². The van der Waals surface area contributed by atoms with Gasteiger partial charge in [0.05, 0.1) is 11.8 Å². The number of hydrogen-bond acceptors (Lipinski definition) is 4. The molecule has 0 radical (unpaired) electrons. The van der Waals surface area contributed by atoms with E-state index in [0.717, 1.165) is 30.6 Å². The van der Waals surface area contributed by atoms with Crippen LogP contribution in [0.1, 0.15) is 43.9 Å². The lowest BCUT2D eigenvalue weighted by Gasteiger charge is -2.41. The molecular formula is C17H28N4O3. The monoisotopic (exact) mass is 336 g/mol. The van der Waals surface area contributed by atoms with Crippen LogP contribution in [0.3, 0.4) is 0 Å². The van der Waals surface area contributed by atoms with E-state index in [1.165, 1.54) is 0 Å². The van der Waals surface area contributed by atoms with Gasteiger partial charge in [-0.3, -0.25) is 14.3 Å².